The van der Waals surface area contributed by atoms with E-state index < -0.39 is 0 Å². The smallest absolute Gasteiger partial charge is 0.119 e. The van der Waals surface area contributed by atoms with Crippen LogP contribution in [0.2, 0.25) is 5.02 Å². The molecule has 18 heavy (non-hydrogen) atoms. The van der Waals surface area contributed by atoms with Crippen LogP contribution in [0.15, 0.2) is 42.5 Å². The summed E-state index contributed by atoms with van der Waals surface area (Å²) in [5, 5.41) is 4.15. The number of hydrogen-bond donors (Lipinski definition) is 1. The molecule has 0 radical (unpaired) electrons. The van der Waals surface area contributed by atoms with Gasteiger partial charge in [0.1, 0.15) is 5.75 Å². The molecule has 0 saturated heterocycles. The Balaban J connectivity index is 1.99. The molecule has 2 aromatic carbocycles. The Hall–Kier alpha value is -1.67. The van der Waals surface area contributed by atoms with E-state index in [1.807, 2.05) is 43.3 Å². The molecule has 0 atom stereocenters. The molecule has 2 nitrogen and oxygen atoms in total. The van der Waals surface area contributed by atoms with Gasteiger partial charge >= 0.3 is 0 Å². The van der Waals surface area contributed by atoms with Crippen LogP contribution in [0.3, 0.4) is 0 Å². The Labute approximate surface area is 113 Å². The lowest BCUT2D eigenvalue weighted by Gasteiger charge is -2.08. The second kappa shape index (κ2) is 5.78. The Bertz CT molecular complexity index is 523. The minimum Gasteiger partial charge on any atom is -0.497 e. The summed E-state index contributed by atoms with van der Waals surface area (Å²) in [6, 6.07) is 14.0. The fraction of sp³-hybridized carbons (Fsp3) is 0.200. The van der Waals surface area contributed by atoms with E-state index in [4.69, 9.17) is 16.3 Å². The third kappa shape index (κ3) is 3.17. The fourth-order valence-corrected chi connectivity index (χ4v) is 1.86. The van der Waals surface area contributed by atoms with Gasteiger partial charge in [0, 0.05) is 17.3 Å². The summed E-state index contributed by atoms with van der Waals surface area (Å²) in [7, 11) is 1.66. The van der Waals surface area contributed by atoms with E-state index in [-0.39, 0.29) is 0 Å². The van der Waals surface area contributed by atoms with Crippen LogP contribution in [0.25, 0.3) is 0 Å². The number of benzene rings is 2. The van der Waals surface area contributed by atoms with E-state index in [0.717, 1.165) is 28.6 Å². The summed E-state index contributed by atoms with van der Waals surface area (Å²) in [4.78, 5) is 0. The molecule has 0 unspecified atom stereocenters. The maximum absolute atomic E-state index is 6.09. The van der Waals surface area contributed by atoms with Crippen LogP contribution in [-0.4, -0.2) is 7.11 Å². The molecule has 0 amide bonds. The highest BCUT2D eigenvalue weighted by molar-refractivity contribution is 6.31. The molecule has 0 fully saturated rings. The normalized spacial score (nSPS) is 10.2. The number of methoxy groups -OCH3 is 1. The van der Waals surface area contributed by atoms with Crippen molar-refractivity contribution < 1.29 is 4.74 Å². The first kappa shape index (κ1) is 12.8. The van der Waals surface area contributed by atoms with Gasteiger partial charge in [-0.1, -0.05) is 23.7 Å². The molecule has 0 spiro atoms. The van der Waals surface area contributed by atoms with Crippen LogP contribution in [-0.2, 0) is 6.54 Å². The largest absolute Gasteiger partial charge is 0.497 e. The molecule has 0 saturated carbocycles. The molecule has 2 aromatic rings. The first-order valence-corrected chi connectivity index (χ1v) is 6.20. The summed E-state index contributed by atoms with van der Waals surface area (Å²) in [6.07, 6.45) is 0. The zero-order valence-electron chi connectivity index (χ0n) is 10.5. The average molecular weight is 262 g/mol. The Kier molecular flexibility index (Phi) is 4.11. The minimum atomic E-state index is 0.756. The fourth-order valence-electron chi connectivity index (χ4n) is 1.66. The topological polar surface area (TPSA) is 21.3 Å². The molecule has 3 heteroatoms. The third-order valence-corrected chi connectivity index (χ3v) is 3.23. The molecule has 94 valence electrons. The quantitative estimate of drug-likeness (QED) is 0.888. The van der Waals surface area contributed by atoms with Crippen molar-refractivity contribution in [3.05, 3.63) is 58.6 Å². The predicted molar refractivity (Wildman–Crippen MR) is 76.5 cm³/mol. The predicted octanol–water partition coefficient (Wildman–Crippen LogP) is 4.27. The number of halogens is 1. The minimum absolute atomic E-state index is 0.756. The Morgan fingerprint density at radius 2 is 1.83 bits per heavy atom. The van der Waals surface area contributed by atoms with Gasteiger partial charge in [0.05, 0.1) is 7.11 Å². The molecular formula is C15H16ClNO. The molecule has 0 bridgehead atoms. The molecule has 2 rings (SSSR count). The monoisotopic (exact) mass is 261 g/mol. The zero-order valence-corrected chi connectivity index (χ0v) is 11.3. The van der Waals surface area contributed by atoms with Crippen molar-refractivity contribution in [3.8, 4) is 5.75 Å². The first-order valence-electron chi connectivity index (χ1n) is 5.82. The maximum atomic E-state index is 6.09. The molecule has 0 aliphatic heterocycles. The third-order valence-electron chi connectivity index (χ3n) is 2.82. The van der Waals surface area contributed by atoms with Crippen LogP contribution in [0.1, 0.15) is 11.1 Å². The highest BCUT2D eigenvalue weighted by Crippen LogP contribution is 2.19. The van der Waals surface area contributed by atoms with Crippen LogP contribution in [0.5, 0.6) is 5.75 Å². The molecule has 0 aliphatic rings. The summed E-state index contributed by atoms with van der Waals surface area (Å²) in [5.41, 5.74) is 3.33. The second-order valence-corrected chi connectivity index (χ2v) is 4.57. The number of aryl methyl sites for hydroxylation is 1. The number of ether oxygens (including phenoxy) is 1. The van der Waals surface area contributed by atoms with Gasteiger partial charge in [0.15, 0.2) is 0 Å². The number of nitrogens with one attached hydrogen (secondary N) is 1. The number of anilines is 1. The van der Waals surface area contributed by atoms with E-state index in [9.17, 15) is 0 Å². The molecule has 0 aliphatic carbocycles. The highest BCUT2D eigenvalue weighted by atomic mass is 35.5. The van der Waals surface area contributed by atoms with Crippen LogP contribution in [0.4, 0.5) is 5.69 Å². The van der Waals surface area contributed by atoms with Crippen LogP contribution >= 0.6 is 11.6 Å². The summed E-state index contributed by atoms with van der Waals surface area (Å²) in [6.45, 7) is 2.76. The standard InChI is InChI=1S/C15H16ClNO/c1-11-3-4-12(9-15(11)16)10-17-13-5-7-14(18-2)8-6-13/h3-9,17H,10H2,1-2H3. The lowest BCUT2D eigenvalue weighted by molar-refractivity contribution is 0.415. The summed E-state index contributed by atoms with van der Waals surface area (Å²) >= 11 is 6.09. The number of rotatable bonds is 4. The van der Waals surface area contributed by atoms with E-state index in [0.29, 0.717) is 0 Å². The van der Waals surface area contributed by atoms with Gasteiger partial charge < -0.3 is 10.1 Å². The summed E-state index contributed by atoms with van der Waals surface area (Å²) in [5.74, 6) is 0.860. The molecule has 0 heterocycles. The molecular weight excluding hydrogens is 246 g/mol. The summed E-state index contributed by atoms with van der Waals surface area (Å²) < 4.78 is 5.12. The molecule has 1 N–H and O–H groups in total. The molecule has 0 aromatic heterocycles. The van der Waals surface area contributed by atoms with Crippen molar-refractivity contribution in [1.29, 1.82) is 0 Å². The van der Waals surface area contributed by atoms with Crippen molar-refractivity contribution >= 4 is 17.3 Å². The van der Waals surface area contributed by atoms with Gasteiger partial charge in [0.25, 0.3) is 0 Å². The highest BCUT2D eigenvalue weighted by Gasteiger charge is 1.98. The van der Waals surface area contributed by atoms with Crippen molar-refractivity contribution in [1.82, 2.24) is 0 Å². The van der Waals surface area contributed by atoms with E-state index in [1.54, 1.807) is 7.11 Å². The van der Waals surface area contributed by atoms with Crippen molar-refractivity contribution in [2.45, 2.75) is 13.5 Å². The van der Waals surface area contributed by atoms with E-state index in [2.05, 4.69) is 11.4 Å². The van der Waals surface area contributed by atoms with E-state index in [1.165, 1.54) is 5.56 Å². The van der Waals surface area contributed by atoms with Gasteiger partial charge in [-0.05, 0) is 48.4 Å². The van der Waals surface area contributed by atoms with Gasteiger partial charge in [-0.15, -0.1) is 0 Å². The maximum Gasteiger partial charge on any atom is 0.119 e. The van der Waals surface area contributed by atoms with Gasteiger partial charge in [0.2, 0.25) is 0 Å². The van der Waals surface area contributed by atoms with E-state index >= 15 is 0 Å². The first-order chi connectivity index (χ1) is 8.69. The lowest BCUT2D eigenvalue weighted by atomic mass is 10.1. The van der Waals surface area contributed by atoms with Gasteiger partial charge in [-0.3, -0.25) is 0 Å². The lowest BCUT2D eigenvalue weighted by Crippen LogP contribution is -1.99. The Morgan fingerprint density at radius 1 is 1.11 bits per heavy atom. The SMILES string of the molecule is COc1ccc(NCc2ccc(C)c(Cl)c2)cc1. The van der Waals surface area contributed by atoms with Crippen molar-refractivity contribution in [2.75, 3.05) is 12.4 Å². The average Bonchev–Trinajstić information content (AvgIpc) is 2.41. The number of hydrogen-bond acceptors (Lipinski definition) is 2. The van der Waals surface area contributed by atoms with Crippen LogP contribution < -0.4 is 10.1 Å². The Morgan fingerprint density at radius 3 is 2.44 bits per heavy atom. The van der Waals surface area contributed by atoms with Gasteiger partial charge in [-0.2, -0.15) is 0 Å². The van der Waals surface area contributed by atoms with Crippen molar-refractivity contribution in [3.63, 3.8) is 0 Å². The zero-order chi connectivity index (χ0) is 13.0. The second-order valence-electron chi connectivity index (χ2n) is 4.17. The van der Waals surface area contributed by atoms with Crippen LogP contribution in [0, 0.1) is 6.92 Å². The van der Waals surface area contributed by atoms with Crippen molar-refractivity contribution in [2.24, 2.45) is 0 Å². The van der Waals surface area contributed by atoms with Gasteiger partial charge in [-0.25, -0.2) is 0 Å².